The molecular weight excluding hydrogens is 435 g/mol. The van der Waals surface area contributed by atoms with E-state index in [4.69, 9.17) is 0 Å². The summed E-state index contributed by atoms with van der Waals surface area (Å²) in [6.45, 7) is 4.40. The van der Waals surface area contributed by atoms with Gasteiger partial charge in [0.15, 0.2) is 0 Å². The van der Waals surface area contributed by atoms with E-state index >= 15 is 0 Å². The second-order valence-electron chi connectivity index (χ2n) is 8.36. The molecule has 0 unspecified atom stereocenters. The molecule has 9 heteroatoms. The zero-order chi connectivity index (χ0) is 22.2. The molecule has 1 aliphatic heterocycles. The summed E-state index contributed by atoms with van der Waals surface area (Å²) in [6, 6.07) is 10.4. The summed E-state index contributed by atoms with van der Waals surface area (Å²) in [7, 11) is 0. The SMILES string of the molecule is CC(C)(NCC(=O)N1CCc2c(n(Cc3cccc(F)c3)c3ncccc23)C1)C(=O)O.Cl. The first-order valence-corrected chi connectivity index (χ1v) is 10.2. The lowest BCUT2D eigenvalue weighted by atomic mass is 10.0. The third-order valence-electron chi connectivity index (χ3n) is 5.81. The van der Waals surface area contributed by atoms with E-state index in [2.05, 4.69) is 10.3 Å². The zero-order valence-electron chi connectivity index (χ0n) is 18.0. The summed E-state index contributed by atoms with van der Waals surface area (Å²) in [5.41, 5.74) is 2.58. The molecule has 0 saturated heterocycles. The van der Waals surface area contributed by atoms with E-state index in [-0.39, 0.29) is 30.7 Å². The molecule has 170 valence electrons. The lowest BCUT2D eigenvalue weighted by molar-refractivity contribution is -0.143. The zero-order valence-corrected chi connectivity index (χ0v) is 18.8. The summed E-state index contributed by atoms with van der Waals surface area (Å²) < 4.78 is 15.8. The Balaban J connectivity index is 0.00000289. The van der Waals surface area contributed by atoms with Gasteiger partial charge in [-0.25, -0.2) is 9.37 Å². The van der Waals surface area contributed by atoms with Crippen molar-refractivity contribution in [3.8, 4) is 0 Å². The van der Waals surface area contributed by atoms with Crippen LogP contribution in [0.3, 0.4) is 0 Å². The Morgan fingerprint density at radius 3 is 2.75 bits per heavy atom. The average Bonchev–Trinajstić information content (AvgIpc) is 3.05. The largest absolute Gasteiger partial charge is 0.480 e. The van der Waals surface area contributed by atoms with Crippen molar-refractivity contribution in [2.24, 2.45) is 0 Å². The quantitative estimate of drug-likeness (QED) is 0.590. The second-order valence-corrected chi connectivity index (χ2v) is 8.36. The van der Waals surface area contributed by atoms with E-state index in [0.717, 1.165) is 27.9 Å². The van der Waals surface area contributed by atoms with Gasteiger partial charge in [-0.2, -0.15) is 0 Å². The number of rotatable bonds is 6. The summed E-state index contributed by atoms with van der Waals surface area (Å²) >= 11 is 0. The summed E-state index contributed by atoms with van der Waals surface area (Å²) in [6.07, 6.45) is 2.42. The van der Waals surface area contributed by atoms with Crippen LogP contribution in [0.5, 0.6) is 0 Å². The molecular formula is C23H26ClFN4O3. The number of hydrogen-bond acceptors (Lipinski definition) is 4. The van der Waals surface area contributed by atoms with Crippen molar-refractivity contribution in [3.05, 3.63) is 65.2 Å². The molecule has 1 aromatic carbocycles. The fourth-order valence-corrected chi connectivity index (χ4v) is 3.95. The smallest absolute Gasteiger partial charge is 0.323 e. The maximum Gasteiger partial charge on any atom is 0.323 e. The molecule has 1 aliphatic rings. The minimum absolute atomic E-state index is 0. The number of fused-ring (bicyclic) bond motifs is 3. The highest BCUT2D eigenvalue weighted by molar-refractivity contribution is 5.85. The van der Waals surface area contributed by atoms with Gasteiger partial charge in [0.2, 0.25) is 5.91 Å². The molecule has 4 rings (SSSR count). The maximum absolute atomic E-state index is 13.7. The normalized spacial score (nSPS) is 13.5. The van der Waals surface area contributed by atoms with Crippen LogP contribution in [-0.4, -0.2) is 50.1 Å². The molecule has 3 heterocycles. The Hall–Kier alpha value is -2.97. The Morgan fingerprint density at radius 1 is 1.25 bits per heavy atom. The van der Waals surface area contributed by atoms with Gasteiger partial charge in [0.1, 0.15) is 17.0 Å². The average molecular weight is 461 g/mol. The highest BCUT2D eigenvalue weighted by Gasteiger charge is 2.30. The first-order chi connectivity index (χ1) is 14.8. The molecule has 0 aliphatic carbocycles. The van der Waals surface area contributed by atoms with Gasteiger partial charge in [-0.1, -0.05) is 12.1 Å². The monoisotopic (exact) mass is 460 g/mol. The van der Waals surface area contributed by atoms with Gasteiger partial charge < -0.3 is 14.6 Å². The number of pyridine rings is 1. The van der Waals surface area contributed by atoms with Gasteiger partial charge in [-0.3, -0.25) is 14.9 Å². The van der Waals surface area contributed by atoms with Crippen LogP contribution < -0.4 is 5.32 Å². The van der Waals surface area contributed by atoms with E-state index in [9.17, 15) is 19.1 Å². The van der Waals surface area contributed by atoms with Crippen molar-refractivity contribution in [3.63, 3.8) is 0 Å². The van der Waals surface area contributed by atoms with E-state index in [1.807, 2.05) is 22.8 Å². The summed E-state index contributed by atoms with van der Waals surface area (Å²) in [5.74, 6) is -1.46. The predicted molar refractivity (Wildman–Crippen MR) is 121 cm³/mol. The van der Waals surface area contributed by atoms with E-state index in [1.54, 1.807) is 17.2 Å². The van der Waals surface area contributed by atoms with E-state index in [1.165, 1.54) is 26.0 Å². The first kappa shape index (κ1) is 23.7. The number of nitrogens with zero attached hydrogens (tertiary/aromatic N) is 3. The standard InChI is InChI=1S/C23H25FN4O3.ClH/c1-23(2,22(30)31)26-12-20(29)27-10-8-17-18-7-4-9-25-21(18)28(19(17)14-27)13-15-5-3-6-16(24)11-15;/h3-7,9,11,26H,8,10,12-14H2,1-2H3,(H,30,31);1H. The number of carboxylic acid groups (broad SMARTS) is 1. The lowest BCUT2D eigenvalue weighted by Gasteiger charge is -2.30. The molecule has 3 aromatic rings. The van der Waals surface area contributed by atoms with Crippen molar-refractivity contribution >= 4 is 35.3 Å². The first-order valence-electron chi connectivity index (χ1n) is 10.2. The van der Waals surface area contributed by atoms with Crippen LogP contribution >= 0.6 is 12.4 Å². The molecule has 7 nitrogen and oxygen atoms in total. The fraction of sp³-hybridized carbons (Fsp3) is 0.348. The number of hydrogen-bond donors (Lipinski definition) is 2. The van der Waals surface area contributed by atoms with E-state index < -0.39 is 11.5 Å². The van der Waals surface area contributed by atoms with Crippen LogP contribution in [0.2, 0.25) is 0 Å². The Kier molecular flexibility index (Phi) is 6.85. The number of benzene rings is 1. The molecule has 0 atom stereocenters. The van der Waals surface area contributed by atoms with E-state index in [0.29, 0.717) is 26.1 Å². The van der Waals surface area contributed by atoms with Crippen LogP contribution in [0.15, 0.2) is 42.6 Å². The molecule has 32 heavy (non-hydrogen) atoms. The highest BCUT2D eigenvalue weighted by atomic mass is 35.5. The third kappa shape index (κ3) is 4.61. The van der Waals surface area contributed by atoms with Gasteiger partial charge >= 0.3 is 5.97 Å². The van der Waals surface area contributed by atoms with Gasteiger partial charge in [0.25, 0.3) is 0 Å². The van der Waals surface area contributed by atoms with Gasteiger partial charge in [-0.15, -0.1) is 12.4 Å². The predicted octanol–water partition coefficient (Wildman–Crippen LogP) is 2.98. The molecule has 0 radical (unpaired) electrons. The minimum Gasteiger partial charge on any atom is -0.480 e. The number of carbonyl (C=O) groups excluding carboxylic acids is 1. The number of carbonyl (C=O) groups is 2. The number of carboxylic acids is 1. The number of aromatic nitrogens is 2. The van der Waals surface area contributed by atoms with Crippen LogP contribution in [0, 0.1) is 5.82 Å². The number of amides is 1. The molecule has 1 amide bonds. The van der Waals surface area contributed by atoms with Gasteiger partial charge in [0.05, 0.1) is 13.1 Å². The van der Waals surface area contributed by atoms with Gasteiger partial charge in [-0.05, 0) is 55.7 Å². The number of halogens is 2. The van der Waals surface area contributed by atoms with Crippen molar-refractivity contribution in [2.75, 3.05) is 13.1 Å². The Morgan fingerprint density at radius 2 is 2.03 bits per heavy atom. The van der Waals surface area contributed by atoms with Gasteiger partial charge in [0, 0.05) is 30.4 Å². The topological polar surface area (TPSA) is 87.5 Å². The summed E-state index contributed by atoms with van der Waals surface area (Å²) in [5, 5.41) is 13.1. The number of aliphatic carboxylic acids is 1. The van der Waals surface area contributed by atoms with Crippen molar-refractivity contribution < 1.29 is 19.1 Å². The Labute approximate surface area is 191 Å². The molecule has 0 saturated carbocycles. The maximum atomic E-state index is 13.7. The minimum atomic E-state index is -1.19. The molecule has 2 N–H and O–H groups in total. The van der Waals surface area contributed by atoms with Crippen LogP contribution in [-0.2, 0) is 29.1 Å². The highest BCUT2D eigenvalue weighted by Crippen LogP contribution is 2.30. The number of nitrogens with one attached hydrogen (secondary N) is 1. The van der Waals surface area contributed by atoms with Crippen molar-refractivity contribution in [1.82, 2.24) is 19.8 Å². The molecule has 0 fully saturated rings. The van der Waals surface area contributed by atoms with Crippen LogP contribution in [0.1, 0.15) is 30.7 Å². The lowest BCUT2D eigenvalue weighted by Crippen LogP contribution is -2.51. The summed E-state index contributed by atoms with van der Waals surface area (Å²) in [4.78, 5) is 30.4. The fourth-order valence-electron chi connectivity index (χ4n) is 3.95. The van der Waals surface area contributed by atoms with Crippen LogP contribution in [0.25, 0.3) is 11.0 Å². The van der Waals surface area contributed by atoms with Crippen molar-refractivity contribution in [2.45, 2.75) is 38.9 Å². The second kappa shape index (κ2) is 9.26. The van der Waals surface area contributed by atoms with Crippen LogP contribution in [0.4, 0.5) is 4.39 Å². The molecule has 2 aromatic heterocycles. The molecule has 0 bridgehead atoms. The third-order valence-corrected chi connectivity index (χ3v) is 5.81. The Bertz CT molecular complexity index is 1160. The molecule has 0 spiro atoms. The van der Waals surface area contributed by atoms with Crippen molar-refractivity contribution in [1.29, 1.82) is 0 Å².